The van der Waals surface area contributed by atoms with Crippen LogP contribution in [-0.2, 0) is 0 Å². The summed E-state index contributed by atoms with van der Waals surface area (Å²) in [5.41, 5.74) is 0.852. The fraction of sp³-hybridized carbons (Fsp3) is 0.133. The summed E-state index contributed by atoms with van der Waals surface area (Å²) in [5, 5.41) is 14.9. The molecule has 0 spiro atoms. The largest absolute Gasteiger partial charge is 0.298 e. The topological polar surface area (TPSA) is 96.9 Å². The number of hydrogen-bond acceptors (Lipinski definition) is 7. The zero-order valence-electron chi connectivity index (χ0n) is 13.2. The van der Waals surface area contributed by atoms with E-state index >= 15 is 0 Å². The number of nitrogens with one attached hydrogen (secondary N) is 2. The highest BCUT2D eigenvalue weighted by molar-refractivity contribution is 7.18. The van der Waals surface area contributed by atoms with Crippen LogP contribution < -0.4 is 10.6 Å². The molecule has 25 heavy (non-hydrogen) atoms. The van der Waals surface area contributed by atoms with E-state index in [2.05, 4.69) is 25.8 Å². The van der Waals surface area contributed by atoms with Crippen molar-refractivity contribution in [3.8, 4) is 0 Å². The summed E-state index contributed by atoms with van der Waals surface area (Å²) >= 11 is 8.37. The molecule has 0 bridgehead atoms. The molecule has 2 aromatic heterocycles. The molecule has 0 aliphatic carbocycles. The summed E-state index contributed by atoms with van der Waals surface area (Å²) in [6, 6.07) is 6.71. The maximum absolute atomic E-state index is 12.3. The van der Waals surface area contributed by atoms with Crippen LogP contribution in [0.2, 0.25) is 5.02 Å². The molecule has 2 amide bonds. The first kappa shape index (κ1) is 17.5. The van der Waals surface area contributed by atoms with Gasteiger partial charge in [0.2, 0.25) is 5.13 Å². The molecule has 2 N–H and O–H groups in total. The molecule has 7 nitrogen and oxygen atoms in total. The number of rotatable bonds is 4. The summed E-state index contributed by atoms with van der Waals surface area (Å²) < 4.78 is 0. The number of thiazole rings is 1. The maximum atomic E-state index is 12.3. The van der Waals surface area contributed by atoms with Gasteiger partial charge in [-0.2, -0.15) is 0 Å². The first-order valence-corrected chi connectivity index (χ1v) is 9.10. The molecular formula is C15H12ClN5O2S2. The van der Waals surface area contributed by atoms with E-state index in [1.54, 1.807) is 38.1 Å². The van der Waals surface area contributed by atoms with Crippen LogP contribution in [0.25, 0.3) is 0 Å². The normalized spacial score (nSPS) is 10.5. The summed E-state index contributed by atoms with van der Waals surface area (Å²) in [6.07, 6.45) is 0. The van der Waals surface area contributed by atoms with Gasteiger partial charge >= 0.3 is 0 Å². The lowest BCUT2D eigenvalue weighted by Crippen LogP contribution is -2.12. The third-order valence-electron chi connectivity index (χ3n) is 3.09. The lowest BCUT2D eigenvalue weighted by molar-refractivity contribution is 0.102. The molecule has 0 radical (unpaired) electrons. The summed E-state index contributed by atoms with van der Waals surface area (Å²) in [6.45, 7) is 3.50. The lowest BCUT2D eigenvalue weighted by atomic mass is 10.2. The van der Waals surface area contributed by atoms with E-state index in [-0.39, 0.29) is 11.8 Å². The highest BCUT2D eigenvalue weighted by Crippen LogP contribution is 2.25. The molecule has 0 saturated carbocycles. The van der Waals surface area contributed by atoms with Crippen LogP contribution in [0.5, 0.6) is 0 Å². The lowest BCUT2D eigenvalue weighted by Gasteiger charge is -2.03. The standard InChI is InChI=1S/C15H12ClN5O2S2/c1-7-11(13(23)19-15-21-20-8(2)24-15)25-14(17-7)18-12(22)9-5-3-4-6-10(9)16/h3-6H,1-2H3,(H,17,18,22)(H,19,21,23). The van der Waals surface area contributed by atoms with Crippen molar-refractivity contribution in [2.45, 2.75) is 13.8 Å². The molecule has 0 unspecified atom stereocenters. The zero-order chi connectivity index (χ0) is 18.0. The molecule has 10 heteroatoms. The van der Waals surface area contributed by atoms with E-state index in [1.807, 2.05) is 0 Å². The van der Waals surface area contributed by atoms with Crippen LogP contribution in [0.15, 0.2) is 24.3 Å². The van der Waals surface area contributed by atoms with Crippen LogP contribution in [0.4, 0.5) is 10.3 Å². The average molecular weight is 394 g/mol. The minimum atomic E-state index is -0.383. The Balaban J connectivity index is 1.75. The number of aryl methyl sites for hydroxylation is 2. The number of halogens is 1. The Morgan fingerprint density at radius 1 is 1.00 bits per heavy atom. The molecule has 3 aromatic rings. The van der Waals surface area contributed by atoms with Crippen molar-refractivity contribution in [1.82, 2.24) is 15.2 Å². The van der Waals surface area contributed by atoms with Crippen LogP contribution in [-0.4, -0.2) is 27.0 Å². The van der Waals surface area contributed by atoms with Gasteiger partial charge in [-0.25, -0.2) is 4.98 Å². The van der Waals surface area contributed by atoms with Crippen LogP contribution in [0.1, 0.15) is 30.7 Å². The van der Waals surface area contributed by atoms with Gasteiger partial charge in [-0.1, -0.05) is 46.4 Å². The highest BCUT2D eigenvalue weighted by atomic mass is 35.5. The van der Waals surface area contributed by atoms with Crippen molar-refractivity contribution >= 4 is 56.4 Å². The molecule has 0 fully saturated rings. The van der Waals surface area contributed by atoms with Gasteiger partial charge in [0.1, 0.15) is 9.88 Å². The first-order chi connectivity index (χ1) is 11.9. The Morgan fingerprint density at radius 3 is 2.40 bits per heavy atom. The molecule has 0 atom stereocenters. The van der Waals surface area contributed by atoms with E-state index in [4.69, 9.17) is 11.6 Å². The number of benzene rings is 1. The number of aromatic nitrogens is 3. The Labute approximate surface area is 156 Å². The van der Waals surface area contributed by atoms with Gasteiger partial charge in [-0.3, -0.25) is 20.2 Å². The highest BCUT2D eigenvalue weighted by Gasteiger charge is 2.19. The zero-order valence-corrected chi connectivity index (χ0v) is 15.6. The quantitative estimate of drug-likeness (QED) is 0.703. The van der Waals surface area contributed by atoms with Crippen molar-refractivity contribution in [3.63, 3.8) is 0 Å². The minimum absolute atomic E-state index is 0.320. The van der Waals surface area contributed by atoms with E-state index < -0.39 is 0 Å². The second-order valence-electron chi connectivity index (χ2n) is 4.95. The number of carbonyl (C=O) groups is 2. The third-order valence-corrected chi connectivity index (χ3v) is 5.24. The van der Waals surface area contributed by atoms with Crippen molar-refractivity contribution in [2.24, 2.45) is 0 Å². The Bertz CT molecular complexity index is 953. The van der Waals surface area contributed by atoms with Crippen molar-refractivity contribution in [1.29, 1.82) is 0 Å². The van der Waals surface area contributed by atoms with Crippen molar-refractivity contribution < 1.29 is 9.59 Å². The first-order valence-electron chi connectivity index (χ1n) is 7.09. The predicted molar refractivity (Wildman–Crippen MR) is 98.9 cm³/mol. The van der Waals surface area contributed by atoms with Gasteiger partial charge in [0.25, 0.3) is 11.8 Å². The SMILES string of the molecule is Cc1nnc(NC(=O)c2sc(NC(=O)c3ccccc3Cl)nc2C)s1. The summed E-state index contributed by atoms with van der Waals surface area (Å²) in [4.78, 5) is 29.2. The Morgan fingerprint density at radius 2 is 1.72 bits per heavy atom. The van der Waals surface area contributed by atoms with E-state index in [1.165, 1.54) is 11.3 Å². The van der Waals surface area contributed by atoms with E-state index in [9.17, 15) is 9.59 Å². The molecule has 128 valence electrons. The summed E-state index contributed by atoms with van der Waals surface area (Å²) in [5.74, 6) is -0.726. The molecule has 0 aliphatic rings. The van der Waals surface area contributed by atoms with Gasteiger partial charge in [0.15, 0.2) is 5.13 Å². The van der Waals surface area contributed by atoms with Crippen LogP contribution >= 0.6 is 34.3 Å². The number of amides is 2. The third kappa shape index (κ3) is 4.01. The maximum Gasteiger partial charge on any atom is 0.269 e. The van der Waals surface area contributed by atoms with Crippen molar-refractivity contribution in [3.05, 3.63) is 50.4 Å². The number of hydrogen-bond donors (Lipinski definition) is 2. The second-order valence-corrected chi connectivity index (χ2v) is 7.54. The average Bonchev–Trinajstić information content (AvgIpc) is 3.13. The Hall–Kier alpha value is -2.36. The van der Waals surface area contributed by atoms with Crippen molar-refractivity contribution in [2.75, 3.05) is 10.6 Å². The van der Waals surface area contributed by atoms with Gasteiger partial charge < -0.3 is 0 Å². The fourth-order valence-electron chi connectivity index (χ4n) is 1.97. The van der Waals surface area contributed by atoms with Crippen LogP contribution in [0.3, 0.4) is 0 Å². The van der Waals surface area contributed by atoms with Gasteiger partial charge in [-0.15, -0.1) is 10.2 Å². The van der Waals surface area contributed by atoms with Gasteiger partial charge in [-0.05, 0) is 26.0 Å². The number of carbonyl (C=O) groups excluding carboxylic acids is 2. The smallest absolute Gasteiger partial charge is 0.269 e. The van der Waals surface area contributed by atoms with Crippen LogP contribution in [0, 0.1) is 13.8 Å². The molecular weight excluding hydrogens is 382 g/mol. The Kier molecular flexibility index (Phi) is 5.07. The second kappa shape index (κ2) is 7.26. The van der Waals surface area contributed by atoms with Gasteiger partial charge in [0, 0.05) is 0 Å². The monoisotopic (exact) mass is 393 g/mol. The predicted octanol–water partition coefficient (Wildman–Crippen LogP) is 3.77. The summed E-state index contributed by atoms with van der Waals surface area (Å²) in [7, 11) is 0. The minimum Gasteiger partial charge on any atom is -0.298 e. The molecule has 0 aliphatic heterocycles. The van der Waals surface area contributed by atoms with Gasteiger partial charge in [0.05, 0.1) is 16.3 Å². The molecule has 2 heterocycles. The van der Waals surface area contributed by atoms with E-state index in [0.29, 0.717) is 31.4 Å². The number of nitrogens with zero attached hydrogens (tertiary/aromatic N) is 3. The fourth-order valence-corrected chi connectivity index (χ4v) is 3.64. The number of anilines is 2. The molecule has 0 saturated heterocycles. The molecule has 3 rings (SSSR count). The molecule has 1 aromatic carbocycles. The van der Waals surface area contributed by atoms with E-state index in [0.717, 1.165) is 16.3 Å².